The van der Waals surface area contributed by atoms with Crippen LogP contribution in [-0.4, -0.2) is 33.1 Å². The number of primary amides is 1. The number of alkyl halides is 3. The van der Waals surface area contributed by atoms with Crippen molar-refractivity contribution in [3.05, 3.63) is 68.0 Å². The van der Waals surface area contributed by atoms with Crippen LogP contribution in [0.5, 0.6) is 0 Å². The van der Waals surface area contributed by atoms with Gasteiger partial charge in [-0.1, -0.05) is 39.1 Å². The molecule has 3 N–H and O–H groups in total. The van der Waals surface area contributed by atoms with Crippen LogP contribution in [0.25, 0.3) is 5.82 Å². The molecule has 32 heavy (non-hydrogen) atoms. The Hall–Kier alpha value is -2.47. The van der Waals surface area contributed by atoms with Crippen LogP contribution in [0.15, 0.2) is 41.0 Å². The van der Waals surface area contributed by atoms with Gasteiger partial charge in [0.2, 0.25) is 0 Å². The molecular formula is C19H14BrCl2F3N5O2+. The Kier molecular flexibility index (Phi) is 7.23. The number of quaternary nitrogens is 1. The topological polar surface area (TPSA) is 93.5 Å². The van der Waals surface area contributed by atoms with Crippen LogP contribution in [0.3, 0.4) is 0 Å². The number of nitrogens with one attached hydrogen (secondary N) is 1. The molecule has 0 aliphatic rings. The van der Waals surface area contributed by atoms with Crippen LogP contribution in [0, 0.1) is 0 Å². The van der Waals surface area contributed by atoms with Crippen LogP contribution in [0.4, 0.5) is 18.9 Å². The van der Waals surface area contributed by atoms with Gasteiger partial charge in [-0.15, -0.1) is 0 Å². The van der Waals surface area contributed by atoms with Gasteiger partial charge in [-0.3, -0.25) is 10.1 Å². The molecule has 3 rings (SSSR count). The van der Waals surface area contributed by atoms with Gasteiger partial charge < -0.3 is 5.32 Å². The maximum Gasteiger partial charge on any atom is 0.435 e. The van der Waals surface area contributed by atoms with Crippen molar-refractivity contribution >= 4 is 56.6 Å². The maximum atomic E-state index is 13.3. The maximum absolute atomic E-state index is 13.3. The lowest BCUT2D eigenvalue weighted by molar-refractivity contribution is -0.551. The first kappa shape index (κ1) is 24.2. The lowest BCUT2D eigenvalue weighted by Crippen LogP contribution is -2.87. The summed E-state index contributed by atoms with van der Waals surface area (Å²) in [6, 6.07) is 6.32. The predicted molar refractivity (Wildman–Crippen MR) is 115 cm³/mol. The molecule has 0 radical (unpaired) electrons. The molecule has 13 heteroatoms. The van der Waals surface area contributed by atoms with Gasteiger partial charge in [0, 0.05) is 16.7 Å². The Morgan fingerprint density at radius 2 is 1.94 bits per heavy atom. The molecule has 0 saturated heterocycles. The van der Waals surface area contributed by atoms with Gasteiger partial charge in [0.15, 0.2) is 11.5 Å². The smallest absolute Gasteiger partial charge is 0.318 e. The first-order valence-electron chi connectivity index (χ1n) is 8.99. The van der Waals surface area contributed by atoms with Gasteiger partial charge >= 0.3 is 12.1 Å². The van der Waals surface area contributed by atoms with Crippen molar-refractivity contribution in [3.8, 4) is 5.82 Å². The summed E-state index contributed by atoms with van der Waals surface area (Å²) >= 11 is 15.5. The third-order valence-electron chi connectivity index (χ3n) is 4.12. The minimum absolute atomic E-state index is 0.0126. The fourth-order valence-electron chi connectivity index (χ4n) is 2.74. The van der Waals surface area contributed by atoms with Gasteiger partial charge in [0.05, 0.1) is 22.3 Å². The van der Waals surface area contributed by atoms with Crippen molar-refractivity contribution in [2.45, 2.75) is 13.1 Å². The molecule has 7 nitrogen and oxygen atoms in total. The second-order valence-electron chi connectivity index (χ2n) is 6.37. The number of hydrogen-bond donors (Lipinski definition) is 2. The van der Waals surface area contributed by atoms with Gasteiger partial charge in [-0.25, -0.2) is 14.5 Å². The van der Waals surface area contributed by atoms with Crippen molar-refractivity contribution in [2.75, 3.05) is 11.9 Å². The molecule has 0 aliphatic heterocycles. The van der Waals surface area contributed by atoms with E-state index < -0.39 is 29.4 Å². The standard InChI is InChI=1S/C19H13BrCl2F3N5O2/c1-2-26-17(31)10-6-9(20)7-12(22)15(10)28-18(32)13-8-14(19(23,24)25)29-30(13)16-11(21)4-3-5-27-16/h3-8H,2H2,1H3,(H,26,31)(H,28,32)/p+1. The van der Waals surface area contributed by atoms with E-state index >= 15 is 0 Å². The largest absolute Gasteiger partial charge is 0.435 e. The first-order valence-corrected chi connectivity index (χ1v) is 10.5. The van der Waals surface area contributed by atoms with Crippen LogP contribution >= 0.6 is 39.1 Å². The molecule has 168 valence electrons. The summed E-state index contributed by atoms with van der Waals surface area (Å²) in [5.74, 6) is -1.58. The van der Waals surface area contributed by atoms with E-state index in [0.717, 1.165) is 0 Å². The van der Waals surface area contributed by atoms with Crippen LogP contribution in [0.1, 0.15) is 33.5 Å². The molecule has 0 aliphatic carbocycles. The van der Waals surface area contributed by atoms with Crippen molar-refractivity contribution in [1.29, 1.82) is 0 Å². The van der Waals surface area contributed by atoms with Gasteiger partial charge in [0.25, 0.3) is 5.91 Å². The number of benzene rings is 1. The molecule has 0 spiro atoms. The molecule has 1 aromatic carbocycles. The molecule has 0 unspecified atom stereocenters. The summed E-state index contributed by atoms with van der Waals surface area (Å²) in [5, 5.41) is 7.27. The van der Waals surface area contributed by atoms with E-state index in [1.807, 2.05) is 0 Å². The fraction of sp³-hybridized carbons (Fsp3) is 0.158. The highest BCUT2D eigenvalue weighted by molar-refractivity contribution is 9.10. The number of halogens is 6. The van der Waals surface area contributed by atoms with E-state index in [2.05, 4.69) is 31.3 Å². The Balaban J connectivity index is 2.11. The number of amides is 2. The Morgan fingerprint density at radius 3 is 2.56 bits per heavy atom. The average Bonchev–Trinajstić information content (AvgIpc) is 3.16. The monoisotopic (exact) mass is 550 g/mol. The highest BCUT2D eigenvalue weighted by Crippen LogP contribution is 2.33. The SMILES string of the molecule is CC[NH2+]C(=O)c1cc(Br)cc(Cl)c1NC(=O)c1cc(C(F)(F)F)nn1-c1ncccc1Cl. The zero-order valence-corrected chi connectivity index (χ0v) is 19.3. The summed E-state index contributed by atoms with van der Waals surface area (Å²) in [7, 11) is 0. The molecule has 0 atom stereocenters. The summed E-state index contributed by atoms with van der Waals surface area (Å²) in [6.07, 6.45) is -3.53. The number of nitrogens with zero attached hydrogens (tertiary/aromatic N) is 3. The number of aromatic nitrogens is 3. The molecular weight excluding hydrogens is 538 g/mol. The van der Waals surface area contributed by atoms with Gasteiger partial charge in [-0.05, 0) is 31.2 Å². The summed E-state index contributed by atoms with van der Waals surface area (Å²) in [5.41, 5.74) is -1.81. The molecule has 3 aromatic rings. The Labute approximate surface area is 198 Å². The van der Waals surface area contributed by atoms with Crippen molar-refractivity contribution in [1.82, 2.24) is 14.8 Å². The molecule has 0 fully saturated rings. The Morgan fingerprint density at radius 1 is 1.22 bits per heavy atom. The predicted octanol–water partition coefficient (Wildman–Crippen LogP) is 4.33. The van der Waals surface area contributed by atoms with Crippen LogP contribution in [0.2, 0.25) is 10.0 Å². The van der Waals surface area contributed by atoms with Crippen molar-refractivity contribution in [3.63, 3.8) is 0 Å². The second kappa shape index (κ2) is 9.57. The zero-order chi connectivity index (χ0) is 23.6. The van der Waals surface area contributed by atoms with Gasteiger partial charge in [-0.2, -0.15) is 18.3 Å². The van der Waals surface area contributed by atoms with Crippen LogP contribution in [-0.2, 0) is 6.18 Å². The third kappa shape index (κ3) is 5.12. The fourth-order valence-corrected chi connectivity index (χ4v) is 3.80. The summed E-state index contributed by atoms with van der Waals surface area (Å²) in [4.78, 5) is 29.4. The second-order valence-corrected chi connectivity index (χ2v) is 8.10. The quantitative estimate of drug-likeness (QED) is 0.493. The number of hydrogen-bond acceptors (Lipinski definition) is 4. The molecule has 2 amide bonds. The lowest BCUT2D eigenvalue weighted by Gasteiger charge is -2.13. The van der Waals surface area contributed by atoms with Crippen molar-refractivity contribution < 1.29 is 28.1 Å². The Bertz CT molecular complexity index is 1200. The number of pyridine rings is 1. The minimum Gasteiger partial charge on any atom is -0.318 e. The number of carbonyl (C=O) groups is 2. The molecule has 2 heterocycles. The number of rotatable bonds is 5. The van der Waals surface area contributed by atoms with Gasteiger partial charge in [0.1, 0.15) is 11.3 Å². The van der Waals surface area contributed by atoms with E-state index in [-0.39, 0.29) is 27.1 Å². The molecule has 2 aromatic heterocycles. The van der Waals surface area contributed by atoms with E-state index in [4.69, 9.17) is 23.2 Å². The average molecular weight is 552 g/mol. The third-order valence-corrected chi connectivity index (χ3v) is 5.17. The van der Waals surface area contributed by atoms with Crippen LogP contribution < -0.4 is 10.6 Å². The van der Waals surface area contributed by atoms with E-state index in [1.54, 1.807) is 6.92 Å². The summed E-state index contributed by atoms with van der Waals surface area (Å²) in [6.45, 7) is 2.18. The van der Waals surface area contributed by atoms with E-state index in [9.17, 15) is 22.8 Å². The highest BCUT2D eigenvalue weighted by atomic mass is 79.9. The molecule has 0 bridgehead atoms. The van der Waals surface area contributed by atoms with E-state index in [0.29, 0.717) is 21.8 Å². The number of nitrogens with two attached hydrogens (primary N) is 1. The lowest BCUT2D eigenvalue weighted by atomic mass is 10.1. The summed E-state index contributed by atoms with van der Waals surface area (Å²) < 4.78 is 41.1. The highest BCUT2D eigenvalue weighted by Gasteiger charge is 2.37. The van der Waals surface area contributed by atoms with E-state index in [1.165, 1.54) is 35.8 Å². The first-order chi connectivity index (χ1) is 15.0. The minimum atomic E-state index is -4.83. The molecule has 0 saturated carbocycles. The zero-order valence-electron chi connectivity index (χ0n) is 16.2. The normalized spacial score (nSPS) is 11.5. The number of carbonyl (C=O) groups excluding carboxylic acids is 2. The number of anilines is 1. The van der Waals surface area contributed by atoms with Crippen molar-refractivity contribution in [2.24, 2.45) is 0 Å².